The molecule has 0 saturated heterocycles. The molecule has 0 spiro atoms. The summed E-state index contributed by atoms with van der Waals surface area (Å²) in [5.74, 6) is -0.828. The van der Waals surface area contributed by atoms with E-state index in [1.54, 1.807) is 62.4 Å². The van der Waals surface area contributed by atoms with Gasteiger partial charge >= 0.3 is 0 Å². The third-order valence-electron chi connectivity index (χ3n) is 3.44. The van der Waals surface area contributed by atoms with E-state index in [1.807, 2.05) is 0 Å². The lowest BCUT2D eigenvalue weighted by molar-refractivity contribution is -0.269. The molecule has 0 fully saturated rings. The lowest BCUT2D eigenvalue weighted by Crippen LogP contribution is -2.40. The first-order valence-electron chi connectivity index (χ1n) is 7.08. The van der Waals surface area contributed by atoms with Crippen LogP contribution in [0.3, 0.4) is 0 Å². The Kier molecular flexibility index (Phi) is 5.31. The number of benzene rings is 2. The second-order valence-corrected chi connectivity index (χ2v) is 6.63. The number of hydrogen-bond acceptors (Lipinski definition) is 4. The van der Waals surface area contributed by atoms with Gasteiger partial charge in [-0.2, -0.15) is 0 Å². The Hall–Kier alpha value is -2.01. The van der Waals surface area contributed by atoms with E-state index in [1.165, 1.54) is 6.07 Å². The first-order valence-corrected chi connectivity index (χ1v) is 7.46. The van der Waals surface area contributed by atoms with Gasteiger partial charge in [-0.3, -0.25) is 14.8 Å². The Morgan fingerprint density at radius 2 is 1.52 bits per heavy atom. The maximum Gasteiger partial charge on any atom is 0.197 e. The fourth-order valence-corrected chi connectivity index (χ4v) is 2.41. The van der Waals surface area contributed by atoms with Gasteiger partial charge in [0.2, 0.25) is 0 Å². The Bertz CT molecular complexity index is 704. The molecule has 2 rings (SSSR count). The minimum Gasteiger partial charge on any atom is -0.291 e. The SMILES string of the molecule is CC(C)(Cl)C(OO)C(=O)c1ccccc1C(=O)c1ccccc1. The molecule has 0 saturated carbocycles. The minimum atomic E-state index is -1.28. The van der Waals surface area contributed by atoms with E-state index in [4.69, 9.17) is 16.9 Å². The number of carbonyl (C=O) groups is 2. The van der Waals surface area contributed by atoms with Crippen LogP contribution in [0.5, 0.6) is 0 Å². The molecule has 5 heteroatoms. The van der Waals surface area contributed by atoms with Crippen molar-refractivity contribution in [3.8, 4) is 0 Å². The standard InChI is InChI=1S/C18H17ClO4/c1-18(2,19)17(23-22)16(21)14-11-7-6-10-13(14)15(20)12-8-4-3-5-9-12/h3-11,17,22H,1-2H3. The van der Waals surface area contributed by atoms with Gasteiger partial charge in [0.1, 0.15) is 0 Å². The van der Waals surface area contributed by atoms with Crippen LogP contribution in [0.4, 0.5) is 0 Å². The molecule has 2 aromatic rings. The lowest BCUT2D eigenvalue weighted by Gasteiger charge is -2.24. The molecule has 0 heterocycles. The molecule has 0 aliphatic rings. The van der Waals surface area contributed by atoms with E-state index in [-0.39, 0.29) is 16.9 Å². The van der Waals surface area contributed by atoms with Crippen molar-refractivity contribution < 1.29 is 19.7 Å². The summed E-state index contributed by atoms with van der Waals surface area (Å²) in [6.45, 7) is 3.10. The Morgan fingerprint density at radius 3 is 2.04 bits per heavy atom. The van der Waals surface area contributed by atoms with Gasteiger partial charge in [-0.05, 0) is 13.8 Å². The smallest absolute Gasteiger partial charge is 0.197 e. The maximum atomic E-state index is 12.7. The Labute approximate surface area is 139 Å². The van der Waals surface area contributed by atoms with Gasteiger partial charge in [0, 0.05) is 16.7 Å². The Balaban J connectivity index is 2.46. The van der Waals surface area contributed by atoms with Gasteiger partial charge < -0.3 is 0 Å². The van der Waals surface area contributed by atoms with Gasteiger partial charge in [-0.1, -0.05) is 54.6 Å². The molecule has 0 aliphatic heterocycles. The zero-order valence-electron chi connectivity index (χ0n) is 12.8. The molecule has 2 aromatic carbocycles. The molecule has 120 valence electrons. The molecule has 1 unspecified atom stereocenters. The molecule has 1 atom stereocenters. The van der Waals surface area contributed by atoms with Crippen LogP contribution in [0, 0.1) is 0 Å². The zero-order chi connectivity index (χ0) is 17.0. The number of alkyl halides is 1. The summed E-state index contributed by atoms with van der Waals surface area (Å²) in [5, 5.41) is 9.05. The van der Waals surface area contributed by atoms with Crippen molar-refractivity contribution in [2.75, 3.05) is 0 Å². The highest BCUT2D eigenvalue weighted by molar-refractivity contribution is 6.27. The largest absolute Gasteiger partial charge is 0.291 e. The van der Waals surface area contributed by atoms with E-state index in [9.17, 15) is 9.59 Å². The molecule has 0 amide bonds. The van der Waals surface area contributed by atoms with Crippen LogP contribution in [0.15, 0.2) is 54.6 Å². The van der Waals surface area contributed by atoms with E-state index in [0.29, 0.717) is 5.56 Å². The highest BCUT2D eigenvalue weighted by Crippen LogP contribution is 2.26. The third kappa shape index (κ3) is 3.85. The number of hydrogen-bond donors (Lipinski definition) is 1. The maximum absolute atomic E-state index is 12.7. The van der Waals surface area contributed by atoms with Crippen molar-refractivity contribution in [2.24, 2.45) is 0 Å². The predicted octanol–water partition coefficient (Wildman–Crippen LogP) is 3.98. The number of ketones is 2. The van der Waals surface area contributed by atoms with E-state index < -0.39 is 16.8 Å². The predicted molar refractivity (Wildman–Crippen MR) is 88.1 cm³/mol. The molecule has 0 aromatic heterocycles. The summed E-state index contributed by atoms with van der Waals surface area (Å²) in [5.41, 5.74) is 0.875. The van der Waals surface area contributed by atoms with E-state index in [2.05, 4.69) is 4.89 Å². The van der Waals surface area contributed by atoms with Gasteiger partial charge in [-0.15, -0.1) is 11.6 Å². The van der Waals surface area contributed by atoms with Gasteiger partial charge in [0.15, 0.2) is 17.7 Å². The molecular formula is C18H17ClO4. The van der Waals surface area contributed by atoms with Crippen molar-refractivity contribution >= 4 is 23.2 Å². The lowest BCUT2D eigenvalue weighted by atomic mass is 9.91. The fraction of sp³-hybridized carbons (Fsp3) is 0.222. The molecule has 4 nitrogen and oxygen atoms in total. The third-order valence-corrected chi connectivity index (χ3v) is 3.64. The van der Waals surface area contributed by atoms with Gasteiger partial charge in [0.25, 0.3) is 0 Å². The molecule has 1 N–H and O–H groups in total. The highest BCUT2D eigenvalue weighted by atomic mass is 35.5. The Morgan fingerprint density at radius 1 is 1.00 bits per heavy atom. The summed E-state index contributed by atoms with van der Waals surface area (Å²) in [7, 11) is 0. The van der Waals surface area contributed by atoms with Crippen molar-refractivity contribution in [1.29, 1.82) is 0 Å². The van der Waals surface area contributed by atoms with Crippen molar-refractivity contribution in [2.45, 2.75) is 24.8 Å². The number of rotatable bonds is 6. The van der Waals surface area contributed by atoms with Crippen LogP contribution in [0.1, 0.15) is 40.1 Å². The molecule has 0 aliphatic carbocycles. The molecular weight excluding hydrogens is 316 g/mol. The second kappa shape index (κ2) is 7.04. The van der Waals surface area contributed by atoms with Crippen LogP contribution >= 0.6 is 11.6 Å². The van der Waals surface area contributed by atoms with Crippen molar-refractivity contribution in [1.82, 2.24) is 0 Å². The van der Waals surface area contributed by atoms with Gasteiger partial charge in [-0.25, -0.2) is 4.89 Å². The monoisotopic (exact) mass is 332 g/mol. The second-order valence-electron chi connectivity index (χ2n) is 5.65. The normalized spacial score (nSPS) is 12.7. The fourth-order valence-electron chi connectivity index (χ4n) is 2.27. The topological polar surface area (TPSA) is 63.6 Å². The van der Waals surface area contributed by atoms with Crippen LogP contribution in [-0.2, 0) is 4.89 Å². The summed E-state index contributed by atoms with van der Waals surface area (Å²) in [4.78, 5) is 28.4. The molecule has 0 bridgehead atoms. The molecule has 23 heavy (non-hydrogen) atoms. The minimum absolute atomic E-state index is 0.161. The zero-order valence-corrected chi connectivity index (χ0v) is 13.6. The first kappa shape index (κ1) is 17.3. The van der Waals surface area contributed by atoms with Crippen molar-refractivity contribution in [3.05, 3.63) is 71.3 Å². The average molecular weight is 333 g/mol. The van der Waals surface area contributed by atoms with Crippen LogP contribution in [0.25, 0.3) is 0 Å². The van der Waals surface area contributed by atoms with Crippen molar-refractivity contribution in [3.63, 3.8) is 0 Å². The summed E-state index contributed by atoms with van der Waals surface area (Å²) in [6, 6.07) is 15.1. The summed E-state index contributed by atoms with van der Waals surface area (Å²) in [6.07, 6.45) is -1.28. The number of halogens is 1. The van der Waals surface area contributed by atoms with Crippen LogP contribution in [0.2, 0.25) is 0 Å². The average Bonchev–Trinajstić information content (AvgIpc) is 2.54. The highest BCUT2D eigenvalue weighted by Gasteiger charge is 2.37. The van der Waals surface area contributed by atoms with Crippen LogP contribution in [-0.4, -0.2) is 27.8 Å². The first-order chi connectivity index (χ1) is 10.9. The quantitative estimate of drug-likeness (QED) is 0.376. The van der Waals surface area contributed by atoms with Crippen LogP contribution < -0.4 is 0 Å². The van der Waals surface area contributed by atoms with Gasteiger partial charge in [0.05, 0.1) is 4.87 Å². The van der Waals surface area contributed by atoms with E-state index in [0.717, 1.165) is 0 Å². The summed E-state index contributed by atoms with van der Waals surface area (Å²) >= 11 is 6.10. The van der Waals surface area contributed by atoms with E-state index >= 15 is 0 Å². The number of Topliss-reactive ketones (excluding diaryl/α,β-unsaturated/α-hetero) is 1. The summed E-state index contributed by atoms with van der Waals surface area (Å²) < 4.78 is 0. The molecule has 0 radical (unpaired) electrons. The number of carbonyl (C=O) groups excluding carboxylic acids is 2.